The topological polar surface area (TPSA) is 78.4 Å². The highest BCUT2D eigenvalue weighted by atomic mass is 16.1. The minimum absolute atomic E-state index is 0.0719. The Balaban J connectivity index is 1.75. The van der Waals surface area contributed by atoms with Crippen LogP contribution in [0.3, 0.4) is 0 Å². The van der Waals surface area contributed by atoms with Crippen molar-refractivity contribution in [2.24, 2.45) is 4.99 Å². The highest BCUT2D eigenvalue weighted by Gasteiger charge is 2.22. The summed E-state index contributed by atoms with van der Waals surface area (Å²) >= 11 is 0. The van der Waals surface area contributed by atoms with Crippen LogP contribution in [0.4, 0.5) is 5.82 Å². The number of carbonyl (C=O) groups is 1. The van der Waals surface area contributed by atoms with Crippen molar-refractivity contribution in [3.8, 4) is 0 Å². The molecule has 0 bridgehead atoms. The van der Waals surface area contributed by atoms with Crippen LogP contribution in [0.15, 0.2) is 23.3 Å². The summed E-state index contributed by atoms with van der Waals surface area (Å²) in [4.78, 5) is 20.4. The molecular weight excluding hydrogens is 266 g/mol. The number of nitrogens with one attached hydrogen (secondary N) is 3. The van der Waals surface area contributed by atoms with Gasteiger partial charge in [-0.1, -0.05) is 6.07 Å². The molecule has 1 saturated carbocycles. The van der Waals surface area contributed by atoms with E-state index < -0.39 is 0 Å². The molecule has 21 heavy (non-hydrogen) atoms. The number of aromatic nitrogens is 1. The Labute approximate surface area is 125 Å². The van der Waals surface area contributed by atoms with Crippen LogP contribution in [0, 0.1) is 6.92 Å². The highest BCUT2D eigenvalue weighted by molar-refractivity contribution is 5.90. The quantitative estimate of drug-likeness (QED) is 0.547. The van der Waals surface area contributed by atoms with Crippen molar-refractivity contribution in [1.29, 1.82) is 0 Å². The van der Waals surface area contributed by atoms with E-state index in [4.69, 9.17) is 0 Å². The number of pyridine rings is 1. The highest BCUT2D eigenvalue weighted by Crippen LogP contribution is 2.18. The lowest BCUT2D eigenvalue weighted by Crippen LogP contribution is -2.38. The van der Waals surface area contributed by atoms with Crippen LogP contribution in [0.25, 0.3) is 0 Å². The third-order valence-corrected chi connectivity index (χ3v) is 3.05. The average molecular weight is 289 g/mol. The van der Waals surface area contributed by atoms with Gasteiger partial charge in [0.15, 0.2) is 5.96 Å². The van der Waals surface area contributed by atoms with Crippen molar-refractivity contribution in [2.45, 2.75) is 39.2 Å². The van der Waals surface area contributed by atoms with Gasteiger partial charge in [-0.2, -0.15) is 0 Å². The molecule has 114 valence electrons. The summed E-state index contributed by atoms with van der Waals surface area (Å²) in [6, 6.07) is 4.27. The predicted octanol–water partition coefficient (Wildman–Crippen LogP) is 1.44. The van der Waals surface area contributed by atoms with Gasteiger partial charge in [0.1, 0.15) is 5.82 Å². The van der Waals surface area contributed by atoms with Gasteiger partial charge < -0.3 is 16.0 Å². The van der Waals surface area contributed by atoms with Gasteiger partial charge in [0.25, 0.3) is 0 Å². The number of amides is 1. The van der Waals surface area contributed by atoms with Crippen molar-refractivity contribution in [3.63, 3.8) is 0 Å². The summed E-state index contributed by atoms with van der Waals surface area (Å²) in [5.74, 6) is 1.30. The third kappa shape index (κ3) is 5.81. The maximum Gasteiger partial charge on any atom is 0.227 e. The molecule has 6 heteroatoms. The molecule has 1 amide bonds. The van der Waals surface area contributed by atoms with Crippen LogP contribution in [-0.2, 0) is 4.79 Å². The number of aryl methyl sites for hydroxylation is 1. The van der Waals surface area contributed by atoms with E-state index in [2.05, 4.69) is 25.9 Å². The van der Waals surface area contributed by atoms with Gasteiger partial charge in [-0.3, -0.25) is 9.79 Å². The summed E-state index contributed by atoms with van der Waals surface area (Å²) in [6.07, 6.45) is 4.47. The Morgan fingerprint density at radius 3 is 2.86 bits per heavy atom. The van der Waals surface area contributed by atoms with Crippen LogP contribution in [0.5, 0.6) is 0 Å². The maximum absolute atomic E-state index is 11.8. The second kappa shape index (κ2) is 7.61. The third-order valence-electron chi connectivity index (χ3n) is 3.05. The number of anilines is 1. The lowest BCUT2D eigenvalue weighted by atomic mass is 10.3. The fourth-order valence-corrected chi connectivity index (χ4v) is 1.76. The number of nitrogens with zero attached hydrogens (tertiary/aromatic N) is 2. The van der Waals surface area contributed by atoms with Gasteiger partial charge in [0.2, 0.25) is 5.91 Å². The van der Waals surface area contributed by atoms with Crippen molar-refractivity contribution in [3.05, 3.63) is 23.9 Å². The van der Waals surface area contributed by atoms with Crippen LogP contribution in [0.2, 0.25) is 0 Å². The first-order chi connectivity index (χ1) is 10.2. The van der Waals surface area contributed by atoms with E-state index in [1.54, 1.807) is 12.3 Å². The lowest BCUT2D eigenvalue weighted by Gasteiger charge is -2.10. The molecule has 0 saturated heterocycles. The second-order valence-corrected chi connectivity index (χ2v) is 5.20. The van der Waals surface area contributed by atoms with Gasteiger partial charge in [0, 0.05) is 25.2 Å². The number of hydrogen-bond acceptors (Lipinski definition) is 3. The van der Waals surface area contributed by atoms with E-state index in [1.165, 1.54) is 12.8 Å². The number of carbonyl (C=O) groups excluding carboxylic acids is 1. The zero-order valence-corrected chi connectivity index (χ0v) is 12.6. The number of rotatable bonds is 6. The summed E-state index contributed by atoms with van der Waals surface area (Å²) in [5, 5.41) is 9.26. The number of guanidine groups is 1. The van der Waals surface area contributed by atoms with E-state index in [1.807, 2.05) is 19.9 Å². The van der Waals surface area contributed by atoms with Crippen molar-refractivity contribution in [1.82, 2.24) is 15.6 Å². The van der Waals surface area contributed by atoms with E-state index in [0.29, 0.717) is 24.8 Å². The molecule has 0 aliphatic heterocycles. The van der Waals surface area contributed by atoms with Gasteiger partial charge >= 0.3 is 0 Å². The van der Waals surface area contributed by atoms with Crippen LogP contribution < -0.4 is 16.0 Å². The molecule has 1 heterocycles. The first-order valence-electron chi connectivity index (χ1n) is 7.44. The second-order valence-electron chi connectivity index (χ2n) is 5.20. The van der Waals surface area contributed by atoms with Crippen LogP contribution >= 0.6 is 0 Å². The Morgan fingerprint density at radius 1 is 1.43 bits per heavy atom. The van der Waals surface area contributed by atoms with Gasteiger partial charge in [-0.05, 0) is 38.3 Å². The molecule has 1 aromatic rings. The first kappa shape index (κ1) is 15.3. The Morgan fingerprint density at radius 2 is 2.24 bits per heavy atom. The summed E-state index contributed by atoms with van der Waals surface area (Å²) in [5.41, 5.74) is 1.07. The minimum Gasteiger partial charge on any atom is -0.357 e. The molecule has 3 N–H and O–H groups in total. The van der Waals surface area contributed by atoms with Gasteiger partial charge in [0.05, 0.1) is 6.54 Å². The molecule has 0 spiro atoms. The monoisotopic (exact) mass is 289 g/mol. The Bertz CT molecular complexity index is 493. The molecule has 6 nitrogen and oxygen atoms in total. The molecule has 1 aromatic heterocycles. The molecule has 0 radical (unpaired) electrons. The molecule has 0 atom stereocenters. The zero-order chi connectivity index (χ0) is 15.1. The summed E-state index contributed by atoms with van der Waals surface area (Å²) in [6.45, 7) is 5.26. The fraction of sp³-hybridized carbons (Fsp3) is 0.533. The van der Waals surface area contributed by atoms with Crippen molar-refractivity contribution < 1.29 is 4.79 Å². The molecule has 1 fully saturated rings. The average Bonchev–Trinajstić information content (AvgIpc) is 3.25. The Kier molecular flexibility index (Phi) is 5.54. The molecule has 2 rings (SSSR count). The van der Waals surface area contributed by atoms with Gasteiger partial charge in [-0.15, -0.1) is 0 Å². The first-order valence-corrected chi connectivity index (χ1v) is 7.44. The largest absolute Gasteiger partial charge is 0.357 e. The molecule has 0 unspecified atom stereocenters. The van der Waals surface area contributed by atoms with Crippen molar-refractivity contribution in [2.75, 3.05) is 18.4 Å². The van der Waals surface area contributed by atoms with Crippen molar-refractivity contribution >= 4 is 17.7 Å². The van der Waals surface area contributed by atoms with Gasteiger partial charge in [-0.25, -0.2) is 4.98 Å². The normalized spacial score (nSPS) is 14.7. The number of hydrogen-bond donors (Lipinski definition) is 3. The summed E-state index contributed by atoms with van der Waals surface area (Å²) < 4.78 is 0. The molecule has 0 aromatic carbocycles. The maximum atomic E-state index is 11.8. The molecule has 1 aliphatic rings. The van der Waals surface area contributed by atoms with E-state index >= 15 is 0 Å². The summed E-state index contributed by atoms with van der Waals surface area (Å²) in [7, 11) is 0. The van der Waals surface area contributed by atoms with Crippen LogP contribution in [0.1, 0.15) is 31.7 Å². The predicted molar refractivity (Wildman–Crippen MR) is 84.4 cm³/mol. The molecular formula is C15H23N5O. The minimum atomic E-state index is -0.0719. The van der Waals surface area contributed by atoms with E-state index in [9.17, 15) is 4.79 Å². The van der Waals surface area contributed by atoms with Crippen LogP contribution in [-0.4, -0.2) is 36.0 Å². The fourth-order valence-electron chi connectivity index (χ4n) is 1.76. The van der Waals surface area contributed by atoms with E-state index in [0.717, 1.165) is 18.1 Å². The number of aliphatic imine (C=N–C) groups is 1. The van der Waals surface area contributed by atoms with E-state index in [-0.39, 0.29) is 5.91 Å². The lowest BCUT2D eigenvalue weighted by molar-refractivity contribution is -0.116. The molecule has 1 aliphatic carbocycles. The Hall–Kier alpha value is -2.11. The smallest absolute Gasteiger partial charge is 0.227 e. The zero-order valence-electron chi connectivity index (χ0n) is 12.6. The SMILES string of the molecule is CCNC(=NCCC(=O)Nc1ccc(C)cn1)NC1CC1. The standard InChI is InChI=1S/C15H23N5O/c1-3-16-15(19-12-5-6-12)17-9-8-14(21)20-13-7-4-11(2)10-18-13/h4,7,10,12H,3,5-6,8-9H2,1-2H3,(H2,16,17,19)(H,18,20,21).